The van der Waals surface area contributed by atoms with Crippen LogP contribution in [0.1, 0.15) is 34.3 Å². The van der Waals surface area contributed by atoms with Gasteiger partial charge in [0, 0.05) is 23.1 Å². The number of nitrogens with zero attached hydrogens (tertiary/aromatic N) is 2. The average molecular weight is 595 g/mol. The molecule has 1 saturated heterocycles. The largest absolute Gasteiger partial charge is 0.480 e. The molecule has 3 amide bonds. The van der Waals surface area contributed by atoms with Gasteiger partial charge in [-0.2, -0.15) is 12.7 Å². The Morgan fingerprint density at radius 2 is 1.76 bits per heavy atom. The predicted molar refractivity (Wildman–Crippen MR) is 138 cm³/mol. The zero-order chi connectivity index (χ0) is 27.0. The van der Waals surface area contributed by atoms with Crippen molar-refractivity contribution in [2.45, 2.75) is 25.8 Å². The lowest BCUT2D eigenvalue weighted by Gasteiger charge is -2.20. The van der Waals surface area contributed by atoms with Gasteiger partial charge in [0.2, 0.25) is 11.8 Å². The first-order chi connectivity index (χ1) is 17.5. The monoisotopic (exact) mass is 594 g/mol. The standard InChI is InChI=1S/C24H27BrN4O7S/c25-20-7-2-1-5-18(20)6-3-4-12-26-21(30)14-28(16-23(32)33)24(34)19-10-8-17(9-11-19)13-29-15-22(31)27-37(29,35)36/h1-2,5,7-11H,3-4,6,12-16H2,(H,26,30)(H,27,31)(H,32,33). The first kappa shape index (κ1) is 28.3. The molecule has 0 bridgehead atoms. The minimum Gasteiger partial charge on any atom is -0.480 e. The SMILES string of the molecule is O=C(O)CN(CC(=O)NCCCCc1ccccc1Br)C(=O)c1ccc(CN2CC(=O)NS2(=O)=O)cc1. The van der Waals surface area contributed by atoms with Gasteiger partial charge in [0.05, 0.1) is 6.54 Å². The van der Waals surface area contributed by atoms with E-state index in [0.29, 0.717) is 12.1 Å². The minimum atomic E-state index is -3.88. The quantitative estimate of drug-likeness (QED) is 0.313. The molecule has 1 aliphatic heterocycles. The van der Waals surface area contributed by atoms with Crippen molar-refractivity contribution < 1.29 is 32.7 Å². The van der Waals surface area contributed by atoms with E-state index in [-0.39, 0.29) is 18.7 Å². The van der Waals surface area contributed by atoms with E-state index < -0.39 is 47.0 Å². The molecule has 37 heavy (non-hydrogen) atoms. The zero-order valence-electron chi connectivity index (χ0n) is 19.9. The number of amides is 3. The molecule has 1 fully saturated rings. The highest BCUT2D eigenvalue weighted by molar-refractivity contribution is 9.10. The number of rotatable bonds is 12. The fourth-order valence-electron chi connectivity index (χ4n) is 3.73. The van der Waals surface area contributed by atoms with Crippen LogP contribution in [-0.2, 0) is 37.6 Å². The van der Waals surface area contributed by atoms with Gasteiger partial charge in [-0.15, -0.1) is 0 Å². The van der Waals surface area contributed by atoms with Crippen molar-refractivity contribution in [1.29, 1.82) is 0 Å². The molecule has 0 unspecified atom stereocenters. The van der Waals surface area contributed by atoms with Gasteiger partial charge in [0.15, 0.2) is 0 Å². The summed E-state index contributed by atoms with van der Waals surface area (Å²) in [5.41, 5.74) is 1.84. The summed E-state index contributed by atoms with van der Waals surface area (Å²) in [6.45, 7) is -1.05. The normalized spacial score (nSPS) is 14.7. The Morgan fingerprint density at radius 1 is 1.05 bits per heavy atom. The van der Waals surface area contributed by atoms with Crippen LogP contribution in [0.3, 0.4) is 0 Å². The lowest BCUT2D eigenvalue weighted by Crippen LogP contribution is -2.43. The molecule has 0 aliphatic carbocycles. The number of carboxylic acids is 1. The van der Waals surface area contributed by atoms with Crippen LogP contribution in [0.25, 0.3) is 0 Å². The summed E-state index contributed by atoms with van der Waals surface area (Å²) in [6, 6.07) is 13.8. The maximum Gasteiger partial charge on any atom is 0.323 e. The van der Waals surface area contributed by atoms with E-state index in [4.69, 9.17) is 0 Å². The maximum absolute atomic E-state index is 12.9. The molecule has 11 nitrogen and oxygen atoms in total. The van der Waals surface area contributed by atoms with Crippen LogP contribution in [0.4, 0.5) is 0 Å². The number of carbonyl (C=O) groups excluding carboxylic acids is 3. The van der Waals surface area contributed by atoms with E-state index >= 15 is 0 Å². The third kappa shape index (κ3) is 8.37. The number of hydrogen-bond acceptors (Lipinski definition) is 6. The van der Waals surface area contributed by atoms with E-state index in [1.807, 2.05) is 29.0 Å². The topological polar surface area (TPSA) is 153 Å². The molecule has 2 aromatic rings. The van der Waals surface area contributed by atoms with Crippen molar-refractivity contribution in [2.24, 2.45) is 0 Å². The number of benzene rings is 2. The third-order valence-corrected chi connectivity index (χ3v) is 7.76. The van der Waals surface area contributed by atoms with E-state index in [9.17, 15) is 32.7 Å². The Balaban J connectivity index is 1.51. The number of aryl methyl sites for hydroxylation is 1. The molecule has 1 aliphatic rings. The second-order valence-corrected chi connectivity index (χ2v) is 11.0. The number of nitrogens with one attached hydrogen (secondary N) is 2. The molecule has 0 aromatic heterocycles. The Morgan fingerprint density at radius 3 is 2.38 bits per heavy atom. The van der Waals surface area contributed by atoms with Crippen LogP contribution in [0.5, 0.6) is 0 Å². The molecule has 0 saturated carbocycles. The fraction of sp³-hybridized carbons (Fsp3) is 0.333. The lowest BCUT2D eigenvalue weighted by molar-refractivity contribution is -0.138. The van der Waals surface area contributed by atoms with Crippen LogP contribution < -0.4 is 10.0 Å². The molecule has 3 rings (SSSR count). The Labute approximate surface area is 223 Å². The molecule has 0 radical (unpaired) electrons. The molecule has 2 aromatic carbocycles. The summed E-state index contributed by atoms with van der Waals surface area (Å²) in [6.07, 6.45) is 2.40. The van der Waals surface area contributed by atoms with Crippen LogP contribution >= 0.6 is 15.9 Å². The molecule has 13 heteroatoms. The van der Waals surface area contributed by atoms with Crippen LogP contribution in [0.15, 0.2) is 53.0 Å². The van der Waals surface area contributed by atoms with Crippen molar-refractivity contribution in [3.63, 3.8) is 0 Å². The molecule has 0 atom stereocenters. The highest BCUT2D eigenvalue weighted by atomic mass is 79.9. The van der Waals surface area contributed by atoms with Gasteiger partial charge in [-0.3, -0.25) is 19.2 Å². The van der Waals surface area contributed by atoms with Gasteiger partial charge >= 0.3 is 16.2 Å². The van der Waals surface area contributed by atoms with Gasteiger partial charge in [-0.1, -0.05) is 46.3 Å². The molecular formula is C24H27BrN4O7S. The summed E-state index contributed by atoms with van der Waals surface area (Å²) in [5, 5.41) is 11.9. The summed E-state index contributed by atoms with van der Waals surface area (Å²) < 4.78 is 27.6. The van der Waals surface area contributed by atoms with Gasteiger partial charge in [0.1, 0.15) is 13.1 Å². The molecule has 1 heterocycles. The lowest BCUT2D eigenvalue weighted by atomic mass is 10.1. The van der Waals surface area contributed by atoms with Crippen molar-refractivity contribution in [3.05, 3.63) is 69.7 Å². The molecule has 198 valence electrons. The van der Waals surface area contributed by atoms with Crippen molar-refractivity contribution >= 4 is 49.8 Å². The highest BCUT2D eigenvalue weighted by Gasteiger charge is 2.33. The first-order valence-electron chi connectivity index (χ1n) is 11.5. The smallest absolute Gasteiger partial charge is 0.323 e. The summed E-state index contributed by atoms with van der Waals surface area (Å²) in [7, 11) is -3.88. The number of aliphatic carboxylic acids is 1. The van der Waals surface area contributed by atoms with E-state index in [1.165, 1.54) is 29.8 Å². The van der Waals surface area contributed by atoms with Gasteiger partial charge in [-0.25, -0.2) is 4.72 Å². The number of hydrogen-bond donors (Lipinski definition) is 3. The minimum absolute atomic E-state index is 0.0714. The average Bonchev–Trinajstić information content (AvgIpc) is 3.09. The molecule has 0 spiro atoms. The van der Waals surface area contributed by atoms with E-state index in [0.717, 1.165) is 32.9 Å². The Hall–Kier alpha value is -3.29. The van der Waals surface area contributed by atoms with Gasteiger partial charge in [-0.05, 0) is 48.6 Å². The zero-order valence-corrected chi connectivity index (χ0v) is 22.3. The summed E-state index contributed by atoms with van der Waals surface area (Å²) in [5.74, 6) is -3.01. The predicted octanol–water partition coefficient (Wildman–Crippen LogP) is 1.29. The fourth-order valence-corrected chi connectivity index (χ4v) is 5.30. The van der Waals surface area contributed by atoms with Crippen LogP contribution in [0.2, 0.25) is 0 Å². The van der Waals surface area contributed by atoms with Gasteiger partial charge < -0.3 is 15.3 Å². The van der Waals surface area contributed by atoms with E-state index in [2.05, 4.69) is 21.2 Å². The first-order valence-corrected chi connectivity index (χ1v) is 13.7. The second kappa shape index (κ2) is 12.8. The van der Waals surface area contributed by atoms with Crippen LogP contribution in [-0.4, -0.2) is 72.6 Å². The number of carbonyl (C=O) groups is 4. The number of unbranched alkanes of at least 4 members (excludes halogenated alkanes) is 1. The third-order valence-electron chi connectivity index (χ3n) is 5.56. The summed E-state index contributed by atoms with van der Waals surface area (Å²) >= 11 is 3.50. The van der Waals surface area contributed by atoms with Crippen molar-refractivity contribution in [2.75, 3.05) is 26.2 Å². The van der Waals surface area contributed by atoms with Crippen molar-refractivity contribution in [3.8, 4) is 0 Å². The maximum atomic E-state index is 12.9. The van der Waals surface area contributed by atoms with Crippen LogP contribution in [0, 0.1) is 0 Å². The number of halogens is 1. The van der Waals surface area contributed by atoms with E-state index in [1.54, 1.807) is 0 Å². The van der Waals surface area contributed by atoms with Gasteiger partial charge in [0.25, 0.3) is 5.91 Å². The highest BCUT2D eigenvalue weighted by Crippen LogP contribution is 2.18. The Bertz CT molecular complexity index is 1270. The summed E-state index contributed by atoms with van der Waals surface area (Å²) in [4.78, 5) is 48.9. The van der Waals surface area contributed by atoms with Crippen molar-refractivity contribution in [1.82, 2.24) is 19.2 Å². The number of carboxylic acid groups (broad SMARTS) is 1. The molecule has 3 N–H and O–H groups in total. The second-order valence-electron chi connectivity index (χ2n) is 8.45. The Kier molecular flexibility index (Phi) is 9.78. The molecular weight excluding hydrogens is 568 g/mol.